The zero-order chi connectivity index (χ0) is 18.3. The van der Waals surface area contributed by atoms with Crippen molar-refractivity contribution >= 4 is 23.3 Å². The predicted molar refractivity (Wildman–Crippen MR) is 92.7 cm³/mol. The maximum absolute atomic E-state index is 14.9. The summed E-state index contributed by atoms with van der Waals surface area (Å²) in [5, 5.41) is 10.2. The zero-order valence-corrected chi connectivity index (χ0v) is 15.3. The SMILES string of the molecule is COC(=O)c1cc(C(O)C2CC2)c(F)c(Cl)c1N1CC(C)OC(C)C1. The highest BCUT2D eigenvalue weighted by Crippen LogP contribution is 2.45. The summed E-state index contributed by atoms with van der Waals surface area (Å²) >= 11 is 6.33. The molecule has 7 heteroatoms. The molecule has 1 aromatic rings. The van der Waals surface area contributed by atoms with Crippen molar-refractivity contribution < 1.29 is 23.8 Å². The summed E-state index contributed by atoms with van der Waals surface area (Å²) in [4.78, 5) is 14.2. The molecule has 3 atom stereocenters. The number of aliphatic hydroxyl groups is 1. The first-order chi connectivity index (χ1) is 11.8. The van der Waals surface area contributed by atoms with Gasteiger partial charge >= 0.3 is 5.97 Å². The third-order valence-corrected chi connectivity index (χ3v) is 5.08. The fourth-order valence-corrected chi connectivity index (χ4v) is 3.78. The predicted octanol–water partition coefficient (Wildman–Crippen LogP) is 3.32. The molecule has 1 aliphatic carbocycles. The summed E-state index contributed by atoms with van der Waals surface area (Å²) in [6.45, 7) is 4.79. The standard InChI is InChI=1S/C18H23ClFNO4/c1-9-7-21(8-10(2)25-9)16-13(18(23)24-3)6-12(15(20)14(16)19)17(22)11-4-5-11/h6,9-11,17,22H,4-5,7-8H2,1-3H3. The number of methoxy groups -OCH3 is 1. The van der Waals surface area contributed by atoms with Gasteiger partial charge in [-0.1, -0.05) is 11.6 Å². The van der Waals surface area contributed by atoms with E-state index in [1.54, 1.807) is 0 Å². The number of ether oxygens (including phenoxy) is 2. The van der Waals surface area contributed by atoms with E-state index in [0.29, 0.717) is 18.8 Å². The normalized spacial score (nSPS) is 25.0. The van der Waals surface area contributed by atoms with Crippen molar-refractivity contribution in [3.63, 3.8) is 0 Å². The summed E-state index contributed by atoms with van der Waals surface area (Å²) in [6, 6.07) is 1.39. The van der Waals surface area contributed by atoms with E-state index in [1.807, 2.05) is 18.7 Å². The number of esters is 1. The highest BCUT2D eigenvalue weighted by atomic mass is 35.5. The summed E-state index contributed by atoms with van der Waals surface area (Å²) in [7, 11) is 1.27. The van der Waals surface area contributed by atoms with E-state index in [-0.39, 0.29) is 34.3 Å². The molecule has 1 aliphatic heterocycles. The Hall–Kier alpha value is -1.37. The van der Waals surface area contributed by atoms with Crippen molar-refractivity contribution in [1.29, 1.82) is 0 Å². The zero-order valence-electron chi connectivity index (χ0n) is 14.6. The van der Waals surface area contributed by atoms with E-state index in [0.717, 1.165) is 12.8 Å². The molecule has 2 fully saturated rings. The lowest BCUT2D eigenvalue weighted by atomic mass is 9.99. The summed E-state index contributed by atoms with van der Waals surface area (Å²) in [6.07, 6.45) is 0.561. The number of rotatable bonds is 4. The number of anilines is 1. The van der Waals surface area contributed by atoms with E-state index < -0.39 is 17.9 Å². The topological polar surface area (TPSA) is 59.0 Å². The Balaban J connectivity index is 2.09. The Morgan fingerprint density at radius 1 is 1.40 bits per heavy atom. The van der Waals surface area contributed by atoms with Crippen LogP contribution in [0.25, 0.3) is 0 Å². The van der Waals surface area contributed by atoms with Crippen molar-refractivity contribution in [2.75, 3.05) is 25.1 Å². The van der Waals surface area contributed by atoms with Crippen molar-refractivity contribution in [2.45, 2.75) is 45.0 Å². The van der Waals surface area contributed by atoms with E-state index in [9.17, 15) is 14.3 Å². The number of benzene rings is 1. The number of hydrogen-bond acceptors (Lipinski definition) is 5. The number of nitrogens with zero attached hydrogens (tertiary/aromatic N) is 1. The average molecular weight is 372 g/mol. The fourth-order valence-electron chi connectivity index (χ4n) is 3.45. The van der Waals surface area contributed by atoms with Crippen LogP contribution in [0.4, 0.5) is 10.1 Å². The Kier molecular flexibility index (Phi) is 5.23. The molecule has 0 amide bonds. The Morgan fingerprint density at radius 2 is 2.00 bits per heavy atom. The number of morpholine rings is 1. The molecule has 3 rings (SSSR count). The largest absolute Gasteiger partial charge is 0.465 e. The second-order valence-electron chi connectivity index (χ2n) is 6.93. The van der Waals surface area contributed by atoms with Gasteiger partial charge in [0.05, 0.1) is 36.7 Å². The summed E-state index contributed by atoms with van der Waals surface area (Å²) < 4.78 is 25.5. The highest BCUT2D eigenvalue weighted by Gasteiger charge is 2.36. The van der Waals surface area contributed by atoms with Gasteiger partial charge in [0.2, 0.25) is 0 Å². The lowest BCUT2D eigenvalue weighted by Gasteiger charge is -2.38. The van der Waals surface area contributed by atoms with Crippen LogP contribution in [-0.2, 0) is 9.47 Å². The van der Waals surface area contributed by atoms with Crippen molar-refractivity contribution in [3.8, 4) is 0 Å². The fraction of sp³-hybridized carbons (Fsp3) is 0.611. The Bertz CT molecular complexity index is 670. The van der Waals surface area contributed by atoms with Gasteiger partial charge in [0.1, 0.15) is 10.8 Å². The monoisotopic (exact) mass is 371 g/mol. The van der Waals surface area contributed by atoms with Gasteiger partial charge in [-0.25, -0.2) is 9.18 Å². The smallest absolute Gasteiger partial charge is 0.340 e. The van der Waals surface area contributed by atoms with Crippen LogP contribution in [0.2, 0.25) is 5.02 Å². The van der Waals surface area contributed by atoms with Gasteiger partial charge in [0.25, 0.3) is 0 Å². The number of aliphatic hydroxyl groups excluding tert-OH is 1. The molecule has 138 valence electrons. The molecule has 1 saturated heterocycles. The van der Waals surface area contributed by atoms with Gasteiger partial charge in [0.15, 0.2) is 0 Å². The average Bonchev–Trinajstić information content (AvgIpc) is 3.39. The minimum atomic E-state index is -0.961. The highest BCUT2D eigenvalue weighted by molar-refractivity contribution is 6.34. The van der Waals surface area contributed by atoms with Crippen LogP contribution in [0.5, 0.6) is 0 Å². The third kappa shape index (κ3) is 3.61. The van der Waals surface area contributed by atoms with Crippen LogP contribution >= 0.6 is 11.6 Å². The quantitative estimate of drug-likeness (QED) is 0.823. The van der Waals surface area contributed by atoms with Crippen LogP contribution in [0.1, 0.15) is 48.7 Å². The molecule has 1 N–H and O–H groups in total. The first-order valence-electron chi connectivity index (χ1n) is 8.52. The van der Waals surface area contributed by atoms with Crippen LogP contribution in [0.3, 0.4) is 0 Å². The molecule has 3 unspecified atom stereocenters. The van der Waals surface area contributed by atoms with Crippen LogP contribution in [-0.4, -0.2) is 43.5 Å². The maximum Gasteiger partial charge on any atom is 0.340 e. The van der Waals surface area contributed by atoms with Crippen molar-refractivity contribution in [3.05, 3.63) is 28.0 Å². The summed E-state index contributed by atoms with van der Waals surface area (Å²) in [5.74, 6) is -1.26. The van der Waals surface area contributed by atoms with E-state index in [1.165, 1.54) is 13.2 Å². The minimum Gasteiger partial charge on any atom is -0.465 e. The maximum atomic E-state index is 14.9. The molecule has 1 aromatic carbocycles. The molecule has 25 heavy (non-hydrogen) atoms. The Labute approximate surface area is 151 Å². The molecular weight excluding hydrogens is 349 g/mol. The molecule has 0 radical (unpaired) electrons. The molecule has 2 aliphatic rings. The van der Waals surface area contributed by atoms with Crippen molar-refractivity contribution in [1.82, 2.24) is 0 Å². The van der Waals surface area contributed by atoms with Gasteiger partial charge in [-0.15, -0.1) is 0 Å². The number of carbonyl (C=O) groups is 1. The molecule has 1 saturated carbocycles. The van der Waals surface area contributed by atoms with Gasteiger partial charge in [0, 0.05) is 18.7 Å². The lowest BCUT2D eigenvalue weighted by molar-refractivity contribution is -0.00535. The van der Waals surface area contributed by atoms with Gasteiger partial charge in [-0.3, -0.25) is 0 Å². The summed E-state index contributed by atoms with van der Waals surface area (Å²) in [5.41, 5.74) is 0.538. The Morgan fingerprint density at radius 3 is 2.52 bits per heavy atom. The molecule has 0 aromatic heterocycles. The molecular formula is C18H23ClFNO4. The van der Waals surface area contributed by atoms with Gasteiger partial charge in [-0.2, -0.15) is 0 Å². The first kappa shape index (κ1) is 18.4. The van der Waals surface area contributed by atoms with Gasteiger partial charge in [-0.05, 0) is 38.7 Å². The minimum absolute atomic E-state index is 0.0188. The van der Waals surface area contributed by atoms with Crippen LogP contribution < -0.4 is 4.90 Å². The molecule has 5 nitrogen and oxygen atoms in total. The number of carbonyl (C=O) groups excluding carboxylic acids is 1. The first-order valence-corrected chi connectivity index (χ1v) is 8.90. The van der Waals surface area contributed by atoms with E-state index in [4.69, 9.17) is 21.1 Å². The second kappa shape index (κ2) is 7.09. The van der Waals surface area contributed by atoms with Crippen molar-refractivity contribution in [2.24, 2.45) is 5.92 Å². The van der Waals surface area contributed by atoms with Crippen LogP contribution in [0.15, 0.2) is 6.07 Å². The van der Waals surface area contributed by atoms with E-state index in [2.05, 4.69) is 0 Å². The third-order valence-electron chi connectivity index (χ3n) is 4.74. The number of hydrogen-bond donors (Lipinski definition) is 1. The van der Waals surface area contributed by atoms with E-state index >= 15 is 0 Å². The number of halogens is 2. The molecule has 1 heterocycles. The second-order valence-corrected chi connectivity index (χ2v) is 7.30. The lowest BCUT2D eigenvalue weighted by Crippen LogP contribution is -2.46. The molecule has 0 spiro atoms. The van der Waals surface area contributed by atoms with Gasteiger partial charge < -0.3 is 19.5 Å². The molecule has 0 bridgehead atoms. The van der Waals surface area contributed by atoms with Crippen LogP contribution in [0, 0.1) is 11.7 Å².